The van der Waals surface area contributed by atoms with Crippen LogP contribution in [-0.2, 0) is 0 Å². The molecule has 0 unspecified atom stereocenters. The summed E-state index contributed by atoms with van der Waals surface area (Å²) in [5.41, 5.74) is 4.07. The molecule has 0 spiro atoms. The lowest BCUT2D eigenvalue weighted by atomic mass is 9.35. The Bertz CT molecular complexity index is 790. The number of aliphatic hydroxyl groups is 1. The maximum Gasteiger partial charge on any atom is 0.0594 e. The highest BCUT2D eigenvalue weighted by atomic mass is 16.3. The molecule has 5 aliphatic rings. The van der Waals surface area contributed by atoms with Crippen LogP contribution in [0.2, 0.25) is 0 Å². The van der Waals surface area contributed by atoms with Crippen LogP contribution in [0.5, 0.6) is 0 Å². The summed E-state index contributed by atoms with van der Waals surface area (Å²) in [6.45, 7) is 20.4. The van der Waals surface area contributed by atoms with Crippen LogP contribution >= 0.6 is 0 Å². The van der Waals surface area contributed by atoms with Crippen LogP contribution < -0.4 is 0 Å². The fraction of sp³-hybridized carbons (Fsp3) is 0.933. The van der Waals surface area contributed by atoms with E-state index in [2.05, 4.69) is 61.5 Å². The van der Waals surface area contributed by atoms with Gasteiger partial charge in [-0.3, -0.25) is 0 Å². The molecule has 176 valence electrons. The minimum Gasteiger partial charge on any atom is -0.393 e. The lowest BCUT2D eigenvalue weighted by Gasteiger charge is -2.70. The highest BCUT2D eigenvalue weighted by Gasteiger charge is 2.66. The van der Waals surface area contributed by atoms with Crippen LogP contribution in [0, 0.1) is 50.2 Å². The Labute approximate surface area is 192 Å². The highest BCUT2D eigenvalue weighted by molar-refractivity contribution is 5.34. The molecule has 0 aromatic heterocycles. The average molecular weight is 427 g/mol. The molecule has 0 heterocycles. The van der Waals surface area contributed by atoms with Gasteiger partial charge in [0.25, 0.3) is 0 Å². The molecule has 1 nitrogen and oxygen atoms in total. The van der Waals surface area contributed by atoms with Crippen molar-refractivity contribution in [2.75, 3.05) is 0 Å². The predicted octanol–water partition coefficient (Wildman–Crippen LogP) is 8.17. The van der Waals surface area contributed by atoms with E-state index < -0.39 is 0 Å². The van der Waals surface area contributed by atoms with Crippen molar-refractivity contribution < 1.29 is 5.11 Å². The Morgan fingerprint density at radius 1 is 0.710 bits per heavy atom. The highest BCUT2D eigenvalue weighted by Crippen LogP contribution is 2.74. The van der Waals surface area contributed by atoms with Crippen LogP contribution in [0.4, 0.5) is 0 Å². The SMILES string of the molecule is CC1(C)CC[C@@]2(C)CC=C3[C@](C)(CC[C@H]4[C@@]5(C)CC[C@@H](O)C(C)(C)[C@H]5CC[C@@]34C)[C@@H]2C1. The second-order valence-electron chi connectivity index (χ2n) is 15.3. The molecule has 31 heavy (non-hydrogen) atoms. The second kappa shape index (κ2) is 6.43. The van der Waals surface area contributed by atoms with Gasteiger partial charge in [-0.1, -0.05) is 67.0 Å². The smallest absolute Gasteiger partial charge is 0.0594 e. The molecule has 0 aromatic rings. The standard InChI is InChI=1S/C30H50O/c1-25(2)17-18-27(5)13-9-21-29(7)14-10-20-26(3,4)24(31)12-16-28(20,6)22(29)11-15-30(21,8)23(27)19-25/h9,20,22-24,31H,10-19H2,1-8H3/t20-,22+,23-,24-,27-,28+,29+,30+/m1/s1. The van der Waals surface area contributed by atoms with Crippen molar-refractivity contribution in [3.8, 4) is 0 Å². The molecule has 0 saturated heterocycles. The fourth-order valence-electron chi connectivity index (χ4n) is 10.8. The number of hydrogen-bond acceptors (Lipinski definition) is 1. The number of aliphatic hydroxyl groups excluding tert-OH is 1. The van der Waals surface area contributed by atoms with Gasteiger partial charge in [-0.05, 0) is 114 Å². The zero-order valence-corrected chi connectivity index (χ0v) is 21.9. The molecule has 1 N–H and O–H groups in total. The van der Waals surface area contributed by atoms with Crippen LogP contribution in [0.3, 0.4) is 0 Å². The van der Waals surface area contributed by atoms with Gasteiger partial charge < -0.3 is 5.11 Å². The Kier molecular flexibility index (Phi) is 4.66. The van der Waals surface area contributed by atoms with Gasteiger partial charge >= 0.3 is 0 Å². The molecule has 0 aromatic carbocycles. The number of allylic oxidation sites excluding steroid dienone is 2. The van der Waals surface area contributed by atoms with E-state index in [0.29, 0.717) is 33.0 Å². The lowest BCUT2D eigenvalue weighted by Crippen LogP contribution is -2.63. The van der Waals surface area contributed by atoms with Crippen LogP contribution in [0.15, 0.2) is 11.6 Å². The summed E-state index contributed by atoms with van der Waals surface area (Å²) in [6.07, 6.45) is 15.8. The Morgan fingerprint density at radius 3 is 2.00 bits per heavy atom. The first-order valence-electron chi connectivity index (χ1n) is 13.6. The summed E-state index contributed by atoms with van der Waals surface area (Å²) in [7, 11) is 0. The molecule has 0 radical (unpaired) electrons. The Balaban J connectivity index is 1.56. The second-order valence-corrected chi connectivity index (χ2v) is 15.3. The van der Waals surface area contributed by atoms with E-state index in [9.17, 15) is 5.11 Å². The van der Waals surface area contributed by atoms with Gasteiger partial charge in [0.15, 0.2) is 0 Å². The van der Waals surface area contributed by atoms with Gasteiger partial charge in [0.1, 0.15) is 0 Å². The minimum absolute atomic E-state index is 0.0575. The summed E-state index contributed by atoms with van der Waals surface area (Å²) in [5, 5.41) is 10.9. The molecule has 4 fully saturated rings. The van der Waals surface area contributed by atoms with Gasteiger partial charge in [0.05, 0.1) is 6.10 Å². The molecule has 5 aliphatic carbocycles. The maximum atomic E-state index is 10.9. The number of hydrogen-bond donors (Lipinski definition) is 1. The van der Waals surface area contributed by atoms with Crippen LogP contribution in [0.25, 0.3) is 0 Å². The van der Waals surface area contributed by atoms with Crippen molar-refractivity contribution in [3.05, 3.63) is 11.6 Å². The lowest BCUT2D eigenvalue weighted by molar-refractivity contribution is -0.184. The van der Waals surface area contributed by atoms with E-state index in [-0.39, 0.29) is 11.5 Å². The van der Waals surface area contributed by atoms with E-state index in [1.54, 1.807) is 0 Å². The third kappa shape index (κ3) is 2.83. The Hall–Kier alpha value is -0.300. The molecule has 8 atom stereocenters. The zero-order valence-electron chi connectivity index (χ0n) is 21.9. The largest absolute Gasteiger partial charge is 0.393 e. The zero-order chi connectivity index (χ0) is 22.7. The molecule has 0 bridgehead atoms. The van der Waals surface area contributed by atoms with Gasteiger partial charge in [-0.2, -0.15) is 0 Å². The average Bonchev–Trinajstić information content (AvgIpc) is 2.66. The van der Waals surface area contributed by atoms with E-state index >= 15 is 0 Å². The summed E-state index contributed by atoms with van der Waals surface area (Å²) in [4.78, 5) is 0. The van der Waals surface area contributed by atoms with E-state index in [4.69, 9.17) is 0 Å². The topological polar surface area (TPSA) is 20.2 Å². The molecule has 5 rings (SSSR count). The van der Waals surface area contributed by atoms with Gasteiger partial charge in [0.2, 0.25) is 0 Å². The van der Waals surface area contributed by atoms with Gasteiger partial charge in [-0.15, -0.1) is 0 Å². The van der Waals surface area contributed by atoms with Crippen molar-refractivity contribution in [1.82, 2.24) is 0 Å². The monoisotopic (exact) mass is 426 g/mol. The summed E-state index contributed by atoms with van der Waals surface area (Å²) < 4.78 is 0. The number of rotatable bonds is 0. The quantitative estimate of drug-likeness (QED) is 0.387. The third-order valence-electron chi connectivity index (χ3n) is 12.7. The van der Waals surface area contributed by atoms with Gasteiger partial charge in [0, 0.05) is 0 Å². The van der Waals surface area contributed by atoms with Gasteiger partial charge in [-0.25, -0.2) is 0 Å². The van der Waals surface area contributed by atoms with Crippen molar-refractivity contribution in [2.45, 2.75) is 126 Å². The van der Waals surface area contributed by atoms with Crippen LogP contribution in [0.1, 0.15) is 120 Å². The summed E-state index contributed by atoms with van der Waals surface area (Å²) in [5.74, 6) is 2.29. The van der Waals surface area contributed by atoms with E-state index in [0.717, 1.165) is 18.3 Å². The van der Waals surface area contributed by atoms with E-state index in [1.165, 1.54) is 57.8 Å². The fourth-order valence-corrected chi connectivity index (χ4v) is 10.8. The first kappa shape index (κ1) is 22.5. The van der Waals surface area contributed by atoms with Crippen LogP contribution in [-0.4, -0.2) is 11.2 Å². The first-order valence-corrected chi connectivity index (χ1v) is 13.6. The normalized spacial score (nSPS) is 55.2. The third-order valence-corrected chi connectivity index (χ3v) is 12.7. The molecule has 1 heteroatoms. The van der Waals surface area contributed by atoms with E-state index in [1.807, 2.05) is 5.57 Å². The van der Waals surface area contributed by atoms with Crippen molar-refractivity contribution in [3.63, 3.8) is 0 Å². The van der Waals surface area contributed by atoms with Crippen molar-refractivity contribution in [1.29, 1.82) is 0 Å². The minimum atomic E-state index is -0.122. The number of fused-ring (bicyclic) bond motifs is 7. The molecular formula is C30H50O. The molecule has 4 saturated carbocycles. The molecule has 0 aliphatic heterocycles. The summed E-state index contributed by atoms with van der Waals surface area (Å²) in [6, 6.07) is 0. The molecular weight excluding hydrogens is 376 g/mol. The molecule has 0 amide bonds. The first-order chi connectivity index (χ1) is 14.2. The van der Waals surface area contributed by atoms with Crippen molar-refractivity contribution in [2.24, 2.45) is 50.2 Å². The Morgan fingerprint density at radius 2 is 1.32 bits per heavy atom. The predicted molar refractivity (Wildman–Crippen MR) is 131 cm³/mol. The summed E-state index contributed by atoms with van der Waals surface area (Å²) >= 11 is 0. The maximum absolute atomic E-state index is 10.9. The van der Waals surface area contributed by atoms with Crippen molar-refractivity contribution >= 4 is 0 Å².